The lowest BCUT2D eigenvalue weighted by atomic mass is 9.57. The molecule has 39 heavy (non-hydrogen) atoms. The summed E-state index contributed by atoms with van der Waals surface area (Å²) in [5.41, 5.74) is 3.43. The number of likely N-dealkylation sites (tertiary alicyclic amines) is 1. The molecule has 2 aromatic carbocycles. The lowest BCUT2D eigenvalue weighted by Crippen LogP contribution is -2.62. The normalized spacial score (nSPS) is 28.3. The van der Waals surface area contributed by atoms with Crippen LogP contribution in [0.25, 0.3) is 0 Å². The highest BCUT2D eigenvalue weighted by Gasteiger charge is 2.52. The molecule has 1 aromatic heterocycles. The Labute approximate surface area is 237 Å². The number of nitrogens with one attached hydrogen (secondary N) is 1. The third kappa shape index (κ3) is 5.16. The predicted molar refractivity (Wildman–Crippen MR) is 159 cm³/mol. The Kier molecular flexibility index (Phi) is 7.56. The van der Waals surface area contributed by atoms with E-state index in [0.717, 1.165) is 70.9 Å². The summed E-state index contributed by atoms with van der Waals surface area (Å²) in [7, 11) is 0. The number of aryl methyl sites for hydroxylation is 1. The second-order valence-electron chi connectivity index (χ2n) is 12.5. The molecule has 0 spiro atoms. The van der Waals surface area contributed by atoms with Crippen molar-refractivity contribution in [1.29, 1.82) is 0 Å². The zero-order valence-electron chi connectivity index (χ0n) is 23.1. The van der Waals surface area contributed by atoms with Crippen molar-refractivity contribution in [3.05, 3.63) is 88.1 Å². The molecule has 2 saturated carbocycles. The number of phenols is 1. The molecule has 2 aliphatic carbocycles. The number of carbonyl (C=O) groups excluding carboxylic acids is 1. The molecule has 5 heteroatoms. The smallest absolute Gasteiger partial charge is 0.230 e. The SMILES string of the molecule is C[C@H]1CN(CCCc2ccccc2)[C@@H]2C[C@@H](NC(=O)C3(c4ccsc4)CCCC3)C[C@@]1(c1cccc(O)c1)C2. The van der Waals surface area contributed by atoms with Gasteiger partial charge in [-0.3, -0.25) is 9.69 Å². The molecule has 2 bridgehead atoms. The van der Waals surface area contributed by atoms with Gasteiger partial charge in [0.2, 0.25) is 5.91 Å². The van der Waals surface area contributed by atoms with Crippen molar-refractivity contribution in [2.24, 2.45) is 5.92 Å². The Hall–Kier alpha value is -2.63. The molecule has 3 fully saturated rings. The standard InChI is InChI=1S/C34H42N2O2S/c1-25-23-36(17-8-11-26-9-3-2-4-10-26)30-20-29(21-34(25,22-30)27-12-7-13-31(37)19-27)35-32(38)33(15-5-6-16-33)28-14-18-39-24-28/h2-4,7,9-10,12-14,18-19,24-25,29-30,37H,5-6,8,11,15-17,20-23H2,1H3,(H,35,38)/t25-,29+,30+,34+/m0/s1. The van der Waals surface area contributed by atoms with Crippen LogP contribution in [0.15, 0.2) is 71.4 Å². The molecule has 206 valence electrons. The van der Waals surface area contributed by atoms with Crippen molar-refractivity contribution in [1.82, 2.24) is 10.2 Å². The maximum Gasteiger partial charge on any atom is 0.230 e. The molecule has 6 rings (SSSR count). The number of carbonyl (C=O) groups is 1. The summed E-state index contributed by atoms with van der Waals surface area (Å²) in [6.45, 7) is 4.53. The maximum absolute atomic E-state index is 14.1. The van der Waals surface area contributed by atoms with E-state index in [1.807, 2.05) is 12.1 Å². The lowest BCUT2D eigenvalue weighted by Gasteiger charge is -2.57. The molecule has 1 saturated heterocycles. The van der Waals surface area contributed by atoms with E-state index in [1.165, 1.54) is 16.7 Å². The van der Waals surface area contributed by atoms with Crippen molar-refractivity contribution in [2.45, 2.75) is 87.6 Å². The zero-order chi connectivity index (χ0) is 26.9. The average molecular weight is 543 g/mol. The quantitative estimate of drug-likeness (QED) is 0.328. The van der Waals surface area contributed by atoms with Crippen LogP contribution in [0.2, 0.25) is 0 Å². The van der Waals surface area contributed by atoms with Crippen LogP contribution < -0.4 is 5.32 Å². The van der Waals surface area contributed by atoms with Gasteiger partial charge >= 0.3 is 0 Å². The first-order valence-electron chi connectivity index (χ1n) is 14.9. The fraction of sp³-hybridized carbons (Fsp3) is 0.500. The van der Waals surface area contributed by atoms with Crippen LogP contribution in [-0.2, 0) is 22.0 Å². The minimum atomic E-state index is -0.369. The maximum atomic E-state index is 14.1. The molecule has 0 unspecified atom stereocenters. The zero-order valence-corrected chi connectivity index (χ0v) is 24.0. The monoisotopic (exact) mass is 542 g/mol. The molecule has 0 radical (unpaired) electrons. The Balaban J connectivity index is 1.24. The molecule has 3 aromatic rings. The van der Waals surface area contributed by atoms with Crippen molar-refractivity contribution in [2.75, 3.05) is 13.1 Å². The van der Waals surface area contributed by atoms with E-state index in [9.17, 15) is 9.90 Å². The van der Waals surface area contributed by atoms with Gasteiger partial charge in [0.1, 0.15) is 5.75 Å². The molecule has 1 amide bonds. The Bertz CT molecular complexity index is 1250. The van der Waals surface area contributed by atoms with Gasteiger partial charge in [0.15, 0.2) is 0 Å². The molecule has 2 N–H and O–H groups in total. The topological polar surface area (TPSA) is 52.6 Å². The number of fused-ring (bicyclic) bond motifs is 2. The van der Waals surface area contributed by atoms with Gasteiger partial charge in [-0.2, -0.15) is 11.3 Å². The predicted octanol–water partition coefficient (Wildman–Crippen LogP) is 6.83. The van der Waals surface area contributed by atoms with E-state index in [0.29, 0.717) is 17.7 Å². The summed E-state index contributed by atoms with van der Waals surface area (Å²) in [4.78, 5) is 16.8. The number of hydrogen-bond acceptors (Lipinski definition) is 4. The minimum Gasteiger partial charge on any atom is -0.508 e. The van der Waals surface area contributed by atoms with Gasteiger partial charge in [-0.25, -0.2) is 0 Å². The molecular weight excluding hydrogens is 500 g/mol. The van der Waals surface area contributed by atoms with Crippen LogP contribution in [0.5, 0.6) is 5.75 Å². The summed E-state index contributed by atoms with van der Waals surface area (Å²) >= 11 is 1.70. The second-order valence-corrected chi connectivity index (χ2v) is 13.2. The largest absolute Gasteiger partial charge is 0.508 e. The summed E-state index contributed by atoms with van der Waals surface area (Å²) in [5, 5.41) is 18.3. The summed E-state index contributed by atoms with van der Waals surface area (Å²) in [6.07, 6.45) is 9.42. The number of aromatic hydroxyl groups is 1. The number of piperidine rings is 1. The highest BCUT2D eigenvalue weighted by molar-refractivity contribution is 7.08. The van der Waals surface area contributed by atoms with Crippen LogP contribution in [0.4, 0.5) is 0 Å². The number of phenolic OH excluding ortho intramolecular Hbond substituents is 1. The molecular formula is C34H42N2O2S. The van der Waals surface area contributed by atoms with Crippen LogP contribution in [0, 0.1) is 5.92 Å². The third-order valence-electron chi connectivity index (χ3n) is 10.2. The molecule has 1 aliphatic heterocycles. The van der Waals surface area contributed by atoms with E-state index >= 15 is 0 Å². The number of benzene rings is 2. The van der Waals surface area contributed by atoms with Crippen molar-refractivity contribution < 1.29 is 9.90 Å². The van der Waals surface area contributed by atoms with Gasteiger partial charge in [-0.1, -0.05) is 62.2 Å². The Morgan fingerprint density at radius 1 is 1.05 bits per heavy atom. The van der Waals surface area contributed by atoms with Crippen molar-refractivity contribution in [3.8, 4) is 5.75 Å². The number of hydrogen-bond donors (Lipinski definition) is 2. The van der Waals surface area contributed by atoms with Gasteiger partial charge in [0, 0.05) is 24.0 Å². The fourth-order valence-corrected chi connectivity index (χ4v) is 8.89. The van der Waals surface area contributed by atoms with Gasteiger partial charge in [0.05, 0.1) is 5.41 Å². The van der Waals surface area contributed by atoms with E-state index in [2.05, 4.69) is 70.4 Å². The van der Waals surface area contributed by atoms with Gasteiger partial charge < -0.3 is 10.4 Å². The number of amides is 1. The van der Waals surface area contributed by atoms with Gasteiger partial charge in [-0.15, -0.1) is 0 Å². The van der Waals surface area contributed by atoms with Crippen molar-refractivity contribution >= 4 is 17.2 Å². The summed E-state index contributed by atoms with van der Waals surface area (Å²) < 4.78 is 0. The van der Waals surface area contributed by atoms with Crippen molar-refractivity contribution in [3.63, 3.8) is 0 Å². The summed E-state index contributed by atoms with van der Waals surface area (Å²) in [5.74, 6) is 1.01. The average Bonchev–Trinajstić information content (AvgIpc) is 3.66. The minimum absolute atomic E-state index is 0.0409. The van der Waals surface area contributed by atoms with E-state index in [1.54, 1.807) is 17.4 Å². The fourth-order valence-electron chi connectivity index (χ4n) is 8.13. The molecule has 4 nitrogen and oxygen atoms in total. The first kappa shape index (κ1) is 26.6. The number of nitrogens with zero attached hydrogens (tertiary/aromatic N) is 1. The van der Waals surface area contributed by atoms with Gasteiger partial charge in [0.25, 0.3) is 0 Å². The highest BCUT2D eigenvalue weighted by atomic mass is 32.1. The van der Waals surface area contributed by atoms with E-state index < -0.39 is 0 Å². The van der Waals surface area contributed by atoms with Gasteiger partial charge in [-0.05, 0) is 103 Å². The van der Waals surface area contributed by atoms with Crippen LogP contribution in [0.1, 0.15) is 75.0 Å². The third-order valence-corrected chi connectivity index (χ3v) is 10.9. The lowest BCUT2D eigenvalue weighted by molar-refractivity contribution is -0.128. The molecule has 3 aliphatic rings. The number of rotatable bonds is 8. The van der Waals surface area contributed by atoms with Crippen LogP contribution in [0.3, 0.4) is 0 Å². The molecule has 4 atom stereocenters. The second kappa shape index (κ2) is 11.1. The van der Waals surface area contributed by atoms with E-state index in [-0.39, 0.29) is 22.8 Å². The first-order valence-corrected chi connectivity index (χ1v) is 15.8. The molecule has 2 heterocycles. The highest BCUT2D eigenvalue weighted by Crippen LogP contribution is 2.51. The Morgan fingerprint density at radius 2 is 1.87 bits per heavy atom. The van der Waals surface area contributed by atoms with Crippen LogP contribution in [-0.4, -0.2) is 41.1 Å². The van der Waals surface area contributed by atoms with Crippen LogP contribution >= 0.6 is 11.3 Å². The number of thiophene rings is 1. The first-order chi connectivity index (χ1) is 19.0. The van der Waals surface area contributed by atoms with E-state index in [4.69, 9.17) is 0 Å². The Morgan fingerprint density at radius 3 is 2.62 bits per heavy atom. The summed E-state index contributed by atoms with van der Waals surface area (Å²) in [6, 6.07) is 21.5.